The number of carbonyl (C=O) groups excluding carboxylic acids is 1. The van der Waals surface area contributed by atoms with Crippen molar-refractivity contribution < 1.29 is 14.3 Å². The number of aromatic nitrogens is 1. The Hall–Kier alpha value is -3.06. The summed E-state index contributed by atoms with van der Waals surface area (Å²) in [7, 11) is 0. The molecule has 0 saturated heterocycles. The second kappa shape index (κ2) is 6.83. The van der Waals surface area contributed by atoms with Gasteiger partial charge < -0.3 is 19.7 Å². The summed E-state index contributed by atoms with van der Waals surface area (Å²) < 4.78 is 10.7. The number of thiazole rings is 1. The van der Waals surface area contributed by atoms with Gasteiger partial charge in [0, 0.05) is 29.7 Å². The van der Waals surface area contributed by atoms with E-state index in [1.54, 1.807) is 0 Å². The third kappa shape index (κ3) is 3.07. The first-order chi connectivity index (χ1) is 13.7. The molecule has 6 nitrogen and oxygen atoms in total. The molecule has 3 heterocycles. The Morgan fingerprint density at radius 1 is 1.14 bits per heavy atom. The monoisotopic (exact) mass is 393 g/mol. The van der Waals surface area contributed by atoms with Crippen molar-refractivity contribution in [2.24, 2.45) is 0 Å². The van der Waals surface area contributed by atoms with Gasteiger partial charge in [0.15, 0.2) is 16.6 Å². The highest BCUT2D eigenvalue weighted by Gasteiger charge is 2.25. The van der Waals surface area contributed by atoms with Gasteiger partial charge in [-0.15, -0.1) is 11.3 Å². The maximum Gasteiger partial charge on any atom is 0.274 e. The van der Waals surface area contributed by atoms with Gasteiger partial charge >= 0.3 is 0 Å². The van der Waals surface area contributed by atoms with Crippen molar-refractivity contribution in [3.05, 3.63) is 64.2 Å². The Bertz CT molecular complexity index is 1060. The van der Waals surface area contributed by atoms with E-state index in [9.17, 15) is 4.79 Å². The Balaban J connectivity index is 1.34. The Morgan fingerprint density at radius 3 is 2.86 bits per heavy atom. The summed E-state index contributed by atoms with van der Waals surface area (Å²) in [5.41, 5.74) is 3.91. The second-order valence-corrected chi connectivity index (χ2v) is 8.07. The van der Waals surface area contributed by atoms with Gasteiger partial charge in [0.05, 0.1) is 0 Å². The summed E-state index contributed by atoms with van der Waals surface area (Å²) in [4.78, 5) is 20.4. The van der Waals surface area contributed by atoms with Crippen LogP contribution in [0.4, 0.5) is 10.8 Å². The molecule has 0 saturated carbocycles. The van der Waals surface area contributed by atoms with Crippen LogP contribution >= 0.6 is 11.3 Å². The van der Waals surface area contributed by atoms with Crippen molar-refractivity contribution in [1.29, 1.82) is 0 Å². The zero-order chi connectivity index (χ0) is 19.1. The lowest BCUT2D eigenvalue weighted by Gasteiger charge is -2.28. The van der Waals surface area contributed by atoms with E-state index in [-0.39, 0.29) is 12.7 Å². The number of nitrogens with zero attached hydrogens (tertiary/aromatic N) is 2. The lowest BCUT2D eigenvalue weighted by atomic mass is 10.00. The van der Waals surface area contributed by atoms with Gasteiger partial charge in [-0.3, -0.25) is 4.79 Å². The Kier molecular flexibility index (Phi) is 4.16. The molecule has 3 aromatic rings. The van der Waals surface area contributed by atoms with Crippen LogP contribution in [0.1, 0.15) is 26.5 Å². The third-order valence-corrected chi connectivity index (χ3v) is 5.93. The first kappa shape index (κ1) is 17.1. The van der Waals surface area contributed by atoms with Gasteiger partial charge in [0.25, 0.3) is 5.91 Å². The number of carbonyl (C=O) groups is 1. The molecule has 0 fully saturated rings. The molecule has 142 valence electrons. The molecule has 2 aliphatic rings. The van der Waals surface area contributed by atoms with E-state index in [2.05, 4.69) is 28.5 Å². The van der Waals surface area contributed by atoms with Gasteiger partial charge in [-0.2, -0.15) is 0 Å². The van der Waals surface area contributed by atoms with E-state index in [4.69, 9.17) is 9.47 Å². The zero-order valence-electron chi connectivity index (χ0n) is 15.4. The van der Waals surface area contributed by atoms with Crippen molar-refractivity contribution in [3.8, 4) is 11.5 Å². The van der Waals surface area contributed by atoms with Crippen LogP contribution in [0.25, 0.3) is 0 Å². The number of nitrogens with one attached hydrogen (secondary N) is 1. The molecule has 0 bridgehead atoms. The van der Waals surface area contributed by atoms with Crippen LogP contribution in [0.3, 0.4) is 0 Å². The lowest BCUT2D eigenvalue weighted by Crippen LogP contribution is -2.36. The van der Waals surface area contributed by atoms with E-state index in [1.165, 1.54) is 22.5 Å². The standard InChI is InChI=1S/C21H19N3O3S/c1-13-19(20(25)24-9-8-14-4-2-3-5-15(14)11-24)23-21(28-13)22-16-6-7-17-18(10-16)27-12-26-17/h2-7,10H,8-9,11-12H2,1H3,(H,22,23). The van der Waals surface area contributed by atoms with E-state index < -0.39 is 0 Å². The van der Waals surface area contributed by atoms with Crippen LogP contribution in [0.2, 0.25) is 0 Å². The van der Waals surface area contributed by atoms with Crippen LogP contribution in [0.15, 0.2) is 42.5 Å². The predicted octanol–water partition coefficient (Wildman–Crippen LogP) is 4.12. The van der Waals surface area contributed by atoms with Gasteiger partial charge in [-0.1, -0.05) is 24.3 Å². The quantitative estimate of drug-likeness (QED) is 0.725. The molecule has 0 spiro atoms. The molecule has 0 radical (unpaired) electrons. The molecule has 5 rings (SSSR count). The molecule has 1 aromatic heterocycles. The maximum absolute atomic E-state index is 13.1. The number of benzene rings is 2. The van der Waals surface area contributed by atoms with Crippen LogP contribution in [0, 0.1) is 6.92 Å². The Morgan fingerprint density at radius 2 is 1.96 bits per heavy atom. The normalized spacial score (nSPS) is 14.7. The number of hydrogen-bond donors (Lipinski definition) is 1. The average molecular weight is 393 g/mol. The highest BCUT2D eigenvalue weighted by molar-refractivity contribution is 7.15. The minimum Gasteiger partial charge on any atom is -0.454 e. The molecular formula is C21H19N3O3S. The minimum absolute atomic E-state index is 0.0120. The van der Waals surface area contributed by atoms with Crippen molar-refractivity contribution in [3.63, 3.8) is 0 Å². The van der Waals surface area contributed by atoms with Crippen molar-refractivity contribution in [2.75, 3.05) is 18.7 Å². The average Bonchev–Trinajstić information content (AvgIpc) is 3.33. The van der Waals surface area contributed by atoms with Gasteiger partial charge in [-0.25, -0.2) is 4.98 Å². The lowest BCUT2D eigenvalue weighted by molar-refractivity contribution is 0.0729. The van der Waals surface area contributed by atoms with Crippen molar-refractivity contribution >= 4 is 28.1 Å². The molecule has 2 aromatic carbocycles. The molecule has 0 atom stereocenters. The van der Waals surface area contributed by atoms with Gasteiger partial charge in [-0.05, 0) is 36.6 Å². The first-order valence-corrected chi connectivity index (χ1v) is 9.99. The summed E-state index contributed by atoms with van der Waals surface area (Å²) in [6.45, 7) is 3.54. The van der Waals surface area contributed by atoms with Gasteiger partial charge in [0.1, 0.15) is 5.69 Å². The third-order valence-electron chi connectivity index (χ3n) is 5.04. The van der Waals surface area contributed by atoms with Gasteiger partial charge in [0.2, 0.25) is 6.79 Å². The van der Waals surface area contributed by atoms with Crippen molar-refractivity contribution in [2.45, 2.75) is 19.9 Å². The number of fused-ring (bicyclic) bond motifs is 2. The predicted molar refractivity (Wildman–Crippen MR) is 108 cm³/mol. The van der Waals surface area contributed by atoms with Crippen LogP contribution in [-0.2, 0) is 13.0 Å². The smallest absolute Gasteiger partial charge is 0.274 e. The maximum atomic E-state index is 13.1. The van der Waals surface area contributed by atoms with E-state index in [1.807, 2.05) is 36.1 Å². The molecule has 2 aliphatic heterocycles. The summed E-state index contributed by atoms with van der Waals surface area (Å²) in [5.74, 6) is 1.44. The summed E-state index contributed by atoms with van der Waals surface area (Å²) in [5, 5.41) is 3.96. The topological polar surface area (TPSA) is 63.7 Å². The molecule has 1 amide bonds. The molecule has 1 N–H and O–H groups in total. The first-order valence-electron chi connectivity index (χ1n) is 9.17. The number of aryl methyl sites for hydroxylation is 1. The zero-order valence-corrected chi connectivity index (χ0v) is 16.2. The summed E-state index contributed by atoms with van der Waals surface area (Å²) in [6, 6.07) is 14.0. The summed E-state index contributed by atoms with van der Waals surface area (Å²) >= 11 is 1.48. The fourth-order valence-electron chi connectivity index (χ4n) is 3.56. The van der Waals surface area contributed by atoms with Crippen LogP contribution in [-0.4, -0.2) is 29.1 Å². The van der Waals surface area contributed by atoms with Crippen LogP contribution < -0.4 is 14.8 Å². The minimum atomic E-state index is -0.0120. The van der Waals surface area contributed by atoms with E-state index >= 15 is 0 Å². The highest BCUT2D eigenvalue weighted by Crippen LogP contribution is 2.36. The largest absolute Gasteiger partial charge is 0.454 e. The molecular weight excluding hydrogens is 374 g/mol. The summed E-state index contributed by atoms with van der Waals surface area (Å²) in [6.07, 6.45) is 0.882. The fraction of sp³-hybridized carbons (Fsp3) is 0.238. The number of ether oxygens (including phenoxy) is 2. The van der Waals surface area contributed by atoms with Crippen LogP contribution in [0.5, 0.6) is 11.5 Å². The number of hydrogen-bond acceptors (Lipinski definition) is 6. The molecule has 0 aliphatic carbocycles. The molecule has 0 unspecified atom stereocenters. The van der Waals surface area contributed by atoms with E-state index in [0.717, 1.165) is 29.3 Å². The SMILES string of the molecule is Cc1sc(Nc2ccc3c(c2)OCO3)nc1C(=O)N1CCc2ccccc2C1. The number of amides is 1. The number of rotatable bonds is 3. The fourth-order valence-corrected chi connectivity index (χ4v) is 4.39. The Labute approximate surface area is 166 Å². The molecule has 7 heteroatoms. The number of anilines is 2. The highest BCUT2D eigenvalue weighted by atomic mass is 32.1. The molecule has 28 heavy (non-hydrogen) atoms. The van der Waals surface area contributed by atoms with Crippen molar-refractivity contribution in [1.82, 2.24) is 9.88 Å². The van der Waals surface area contributed by atoms with E-state index in [0.29, 0.717) is 23.1 Å². The second-order valence-electron chi connectivity index (χ2n) is 6.86.